The van der Waals surface area contributed by atoms with Gasteiger partial charge < -0.3 is 5.32 Å². The molecule has 1 aliphatic heterocycles. The Labute approximate surface area is 118 Å². The maximum atomic E-state index is 12.9. The number of rotatable bonds is 3. The van der Waals surface area contributed by atoms with Gasteiger partial charge in [-0.05, 0) is 30.5 Å². The summed E-state index contributed by atoms with van der Waals surface area (Å²) in [5.74, 6) is 0. The summed E-state index contributed by atoms with van der Waals surface area (Å²) >= 11 is 0. The van der Waals surface area contributed by atoms with Crippen LogP contribution < -0.4 is 5.32 Å². The minimum Gasteiger partial charge on any atom is -0.314 e. The summed E-state index contributed by atoms with van der Waals surface area (Å²) in [6.07, 6.45) is -4.93. The van der Waals surface area contributed by atoms with Gasteiger partial charge in [0.15, 0.2) is 0 Å². The highest BCUT2D eigenvalue weighted by atomic mass is 19.4. The molecule has 2 rings (SSSR count). The molecule has 0 aromatic heterocycles. The number of halogens is 3. The topological polar surface area (TPSA) is 15.3 Å². The summed E-state index contributed by atoms with van der Waals surface area (Å²) < 4.78 is 38.7. The standard InChI is InChI=1S/C15H21F3N2/c1-11-3-4-13(9-12(11)2)14(10-15(16,17)18)20-7-5-19-6-8-20/h3-4,9,14,19H,5-8,10H2,1-2H3/t14-/m0/s1. The van der Waals surface area contributed by atoms with E-state index in [2.05, 4.69) is 5.32 Å². The van der Waals surface area contributed by atoms with Gasteiger partial charge in [0, 0.05) is 32.2 Å². The molecule has 112 valence electrons. The van der Waals surface area contributed by atoms with E-state index in [4.69, 9.17) is 0 Å². The molecule has 1 atom stereocenters. The molecule has 0 aliphatic carbocycles. The quantitative estimate of drug-likeness (QED) is 0.918. The van der Waals surface area contributed by atoms with Crippen molar-refractivity contribution >= 4 is 0 Å². The van der Waals surface area contributed by atoms with Gasteiger partial charge in [-0.2, -0.15) is 13.2 Å². The van der Waals surface area contributed by atoms with Crippen LogP contribution in [-0.2, 0) is 0 Å². The van der Waals surface area contributed by atoms with Crippen molar-refractivity contribution in [2.75, 3.05) is 26.2 Å². The molecule has 0 bridgehead atoms. The molecule has 1 fully saturated rings. The molecule has 1 aromatic rings. The highest BCUT2D eigenvalue weighted by molar-refractivity contribution is 5.32. The van der Waals surface area contributed by atoms with Crippen molar-refractivity contribution in [2.24, 2.45) is 0 Å². The fourth-order valence-corrected chi connectivity index (χ4v) is 2.64. The Kier molecular flexibility index (Phi) is 4.70. The number of hydrogen-bond donors (Lipinski definition) is 1. The van der Waals surface area contributed by atoms with Crippen molar-refractivity contribution in [3.63, 3.8) is 0 Å². The first-order valence-corrected chi connectivity index (χ1v) is 6.95. The van der Waals surface area contributed by atoms with E-state index in [0.29, 0.717) is 13.1 Å². The Morgan fingerprint density at radius 2 is 1.80 bits per heavy atom. The van der Waals surface area contributed by atoms with Gasteiger partial charge in [-0.25, -0.2) is 0 Å². The highest BCUT2D eigenvalue weighted by Gasteiger charge is 2.35. The second-order valence-corrected chi connectivity index (χ2v) is 5.46. The van der Waals surface area contributed by atoms with E-state index in [1.807, 2.05) is 36.9 Å². The second kappa shape index (κ2) is 6.14. The van der Waals surface area contributed by atoms with Gasteiger partial charge in [-0.15, -0.1) is 0 Å². The summed E-state index contributed by atoms with van der Waals surface area (Å²) in [6, 6.07) is 5.07. The molecule has 0 saturated carbocycles. The fourth-order valence-electron chi connectivity index (χ4n) is 2.64. The van der Waals surface area contributed by atoms with Crippen LogP contribution in [0.3, 0.4) is 0 Å². The zero-order chi connectivity index (χ0) is 14.8. The van der Waals surface area contributed by atoms with Crippen LogP contribution >= 0.6 is 0 Å². The molecular weight excluding hydrogens is 265 g/mol. The molecule has 0 spiro atoms. The molecular formula is C15H21F3N2. The average molecular weight is 286 g/mol. The Morgan fingerprint density at radius 3 is 2.35 bits per heavy atom. The molecule has 0 radical (unpaired) electrons. The summed E-state index contributed by atoms with van der Waals surface area (Å²) in [5.41, 5.74) is 2.93. The molecule has 0 unspecified atom stereocenters. The maximum absolute atomic E-state index is 12.9. The fraction of sp³-hybridized carbons (Fsp3) is 0.600. The monoisotopic (exact) mass is 286 g/mol. The van der Waals surface area contributed by atoms with E-state index in [-0.39, 0.29) is 0 Å². The van der Waals surface area contributed by atoms with Gasteiger partial charge >= 0.3 is 6.18 Å². The van der Waals surface area contributed by atoms with Gasteiger partial charge in [0.25, 0.3) is 0 Å². The Hall–Kier alpha value is -1.07. The molecule has 1 N–H and O–H groups in total. The van der Waals surface area contributed by atoms with Crippen LogP contribution in [0.4, 0.5) is 13.2 Å². The average Bonchev–Trinajstić information content (AvgIpc) is 2.39. The van der Waals surface area contributed by atoms with Crippen LogP contribution in [0.1, 0.15) is 29.2 Å². The van der Waals surface area contributed by atoms with Gasteiger partial charge in [0.2, 0.25) is 0 Å². The highest BCUT2D eigenvalue weighted by Crippen LogP contribution is 2.34. The summed E-state index contributed by atoms with van der Waals surface area (Å²) in [4.78, 5) is 1.94. The van der Waals surface area contributed by atoms with Crippen LogP contribution in [0.15, 0.2) is 18.2 Å². The first-order valence-electron chi connectivity index (χ1n) is 6.95. The largest absolute Gasteiger partial charge is 0.390 e. The summed E-state index contributed by atoms with van der Waals surface area (Å²) in [6.45, 7) is 6.74. The summed E-state index contributed by atoms with van der Waals surface area (Å²) in [5, 5.41) is 3.18. The minimum atomic E-state index is -4.14. The van der Waals surface area contributed by atoms with Crippen molar-refractivity contribution in [1.82, 2.24) is 10.2 Å². The van der Waals surface area contributed by atoms with Crippen molar-refractivity contribution in [3.8, 4) is 0 Å². The van der Waals surface area contributed by atoms with Gasteiger partial charge in [-0.3, -0.25) is 4.90 Å². The van der Waals surface area contributed by atoms with E-state index in [1.165, 1.54) is 0 Å². The Morgan fingerprint density at radius 1 is 1.15 bits per heavy atom. The van der Waals surface area contributed by atoms with Crippen molar-refractivity contribution < 1.29 is 13.2 Å². The van der Waals surface area contributed by atoms with Gasteiger partial charge in [0.05, 0.1) is 6.42 Å². The predicted molar refractivity (Wildman–Crippen MR) is 73.8 cm³/mol. The minimum absolute atomic E-state index is 0.573. The number of nitrogens with one attached hydrogen (secondary N) is 1. The Balaban J connectivity index is 2.26. The lowest BCUT2D eigenvalue weighted by Gasteiger charge is -2.36. The Bertz CT molecular complexity index is 451. The number of benzene rings is 1. The molecule has 1 heterocycles. The lowest BCUT2D eigenvalue weighted by Crippen LogP contribution is -2.46. The van der Waals surface area contributed by atoms with E-state index >= 15 is 0 Å². The second-order valence-electron chi connectivity index (χ2n) is 5.46. The molecule has 1 aliphatic rings. The molecule has 20 heavy (non-hydrogen) atoms. The third-order valence-corrected chi connectivity index (χ3v) is 3.93. The van der Waals surface area contributed by atoms with E-state index in [9.17, 15) is 13.2 Å². The number of alkyl halides is 3. The zero-order valence-corrected chi connectivity index (χ0v) is 11.9. The van der Waals surface area contributed by atoms with Crippen LogP contribution in [-0.4, -0.2) is 37.3 Å². The number of aryl methyl sites for hydroxylation is 2. The van der Waals surface area contributed by atoms with Crippen LogP contribution in [0.5, 0.6) is 0 Å². The van der Waals surface area contributed by atoms with E-state index in [1.54, 1.807) is 0 Å². The first-order chi connectivity index (χ1) is 9.37. The number of nitrogens with zero attached hydrogens (tertiary/aromatic N) is 1. The lowest BCUT2D eigenvalue weighted by molar-refractivity contribution is -0.148. The lowest BCUT2D eigenvalue weighted by atomic mass is 9.97. The number of piperazine rings is 1. The van der Waals surface area contributed by atoms with Crippen molar-refractivity contribution in [1.29, 1.82) is 0 Å². The van der Waals surface area contributed by atoms with Gasteiger partial charge in [0.1, 0.15) is 0 Å². The van der Waals surface area contributed by atoms with Crippen molar-refractivity contribution in [2.45, 2.75) is 32.5 Å². The smallest absolute Gasteiger partial charge is 0.314 e. The number of hydrogen-bond acceptors (Lipinski definition) is 2. The van der Waals surface area contributed by atoms with Gasteiger partial charge in [-0.1, -0.05) is 18.2 Å². The van der Waals surface area contributed by atoms with Crippen molar-refractivity contribution in [3.05, 3.63) is 34.9 Å². The molecule has 1 saturated heterocycles. The molecule has 0 amide bonds. The normalized spacial score (nSPS) is 19.1. The van der Waals surface area contributed by atoms with Crippen LogP contribution in [0, 0.1) is 13.8 Å². The molecule has 1 aromatic carbocycles. The molecule has 2 nitrogen and oxygen atoms in total. The molecule has 5 heteroatoms. The maximum Gasteiger partial charge on any atom is 0.390 e. The summed E-state index contributed by atoms with van der Waals surface area (Å²) in [7, 11) is 0. The third-order valence-electron chi connectivity index (χ3n) is 3.93. The SMILES string of the molecule is Cc1ccc([C@H](CC(F)(F)F)N2CCNCC2)cc1C. The van der Waals surface area contributed by atoms with Crippen LogP contribution in [0.25, 0.3) is 0 Å². The van der Waals surface area contributed by atoms with E-state index in [0.717, 1.165) is 29.8 Å². The zero-order valence-electron chi connectivity index (χ0n) is 11.9. The predicted octanol–water partition coefficient (Wildman–Crippen LogP) is 3.20. The van der Waals surface area contributed by atoms with E-state index < -0.39 is 18.6 Å². The first kappa shape index (κ1) is 15.3. The van der Waals surface area contributed by atoms with Crippen LogP contribution in [0.2, 0.25) is 0 Å². The third kappa shape index (κ3) is 3.96.